The van der Waals surface area contributed by atoms with Gasteiger partial charge >= 0.3 is 0 Å². The second kappa shape index (κ2) is 7.59. The molecule has 0 saturated carbocycles. The lowest BCUT2D eigenvalue weighted by molar-refractivity contribution is 0.158. The van der Waals surface area contributed by atoms with Crippen molar-refractivity contribution in [2.24, 2.45) is 0 Å². The number of nitrogens with one attached hydrogen (secondary N) is 2. The zero-order chi connectivity index (χ0) is 16.9. The Bertz CT molecular complexity index is 648. The predicted molar refractivity (Wildman–Crippen MR) is 90.8 cm³/mol. The van der Waals surface area contributed by atoms with Crippen LogP contribution in [0.3, 0.4) is 0 Å². The summed E-state index contributed by atoms with van der Waals surface area (Å²) in [6.45, 7) is 2.90. The number of ether oxygens (including phenoxy) is 1. The molecule has 1 unspecified atom stereocenters. The van der Waals surface area contributed by atoms with Crippen LogP contribution < -0.4 is 15.4 Å². The van der Waals surface area contributed by atoms with Gasteiger partial charge in [0.05, 0.1) is 6.61 Å². The normalized spacial score (nSPS) is 21.0. The average molecular weight is 331 g/mol. The Hall–Kier alpha value is -2.18. The molecule has 2 aromatic rings. The average Bonchev–Trinajstić information content (AvgIpc) is 2.60. The van der Waals surface area contributed by atoms with E-state index in [9.17, 15) is 9.50 Å². The highest BCUT2D eigenvalue weighted by molar-refractivity contribution is 5.46. The lowest BCUT2D eigenvalue weighted by Crippen LogP contribution is -2.55. The highest BCUT2D eigenvalue weighted by Gasteiger charge is 2.29. The molecule has 0 radical (unpaired) electrons. The molecule has 1 aromatic carbocycles. The number of aliphatic hydroxyl groups excluding tert-OH is 1. The molecule has 128 valence electrons. The molecule has 1 aliphatic rings. The fourth-order valence-corrected chi connectivity index (χ4v) is 2.59. The number of benzene rings is 1. The van der Waals surface area contributed by atoms with Gasteiger partial charge in [-0.2, -0.15) is 0 Å². The summed E-state index contributed by atoms with van der Waals surface area (Å²) in [5.74, 6) is 0.536. The van der Waals surface area contributed by atoms with E-state index in [1.807, 2.05) is 31.2 Å². The van der Waals surface area contributed by atoms with E-state index < -0.39 is 12.4 Å². The molecule has 0 amide bonds. The van der Waals surface area contributed by atoms with Crippen LogP contribution in [0.15, 0.2) is 42.6 Å². The van der Waals surface area contributed by atoms with Crippen LogP contribution in [0.5, 0.6) is 5.88 Å². The highest BCUT2D eigenvalue weighted by atomic mass is 19.1. The van der Waals surface area contributed by atoms with Crippen molar-refractivity contribution >= 4 is 5.69 Å². The largest absolute Gasteiger partial charge is 0.478 e. The highest BCUT2D eigenvalue weighted by Crippen LogP contribution is 2.20. The molecule has 0 spiro atoms. The third-order valence-electron chi connectivity index (χ3n) is 4.09. The van der Waals surface area contributed by atoms with Crippen LogP contribution in [-0.2, 0) is 6.42 Å². The number of hydrogen-bond donors (Lipinski definition) is 3. The lowest BCUT2D eigenvalue weighted by atomic mass is 9.96. The van der Waals surface area contributed by atoms with Gasteiger partial charge in [0.25, 0.3) is 0 Å². The fraction of sp³-hybridized carbons (Fsp3) is 0.389. The van der Waals surface area contributed by atoms with E-state index in [1.165, 1.54) is 0 Å². The smallest absolute Gasteiger partial charge is 0.213 e. The Labute approximate surface area is 140 Å². The maximum absolute atomic E-state index is 13.3. The number of alkyl halides is 1. The van der Waals surface area contributed by atoms with Crippen LogP contribution in [0, 0.1) is 0 Å². The van der Waals surface area contributed by atoms with Crippen LogP contribution in [0.1, 0.15) is 24.3 Å². The van der Waals surface area contributed by atoms with E-state index in [-0.39, 0.29) is 6.04 Å². The summed E-state index contributed by atoms with van der Waals surface area (Å²) in [5, 5.41) is 16.3. The van der Waals surface area contributed by atoms with Crippen molar-refractivity contribution in [3.05, 3.63) is 53.7 Å². The molecule has 5 nitrogen and oxygen atoms in total. The van der Waals surface area contributed by atoms with Gasteiger partial charge in [-0.25, -0.2) is 9.37 Å². The van der Waals surface area contributed by atoms with Crippen molar-refractivity contribution in [2.45, 2.75) is 31.8 Å². The summed E-state index contributed by atoms with van der Waals surface area (Å²) in [5.41, 5.74) is 2.51. The maximum Gasteiger partial charge on any atom is 0.213 e. The second-order valence-corrected chi connectivity index (χ2v) is 5.84. The molecule has 2 heterocycles. The zero-order valence-corrected chi connectivity index (χ0v) is 13.6. The van der Waals surface area contributed by atoms with Gasteiger partial charge in [0, 0.05) is 36.1 Å². The third kappa shape index (κ3) is 4.01. The molecular weight excluding hydrogens is 309 g/mol. The van der Waals surface area contributed by atoms with Crippen molar-refractivity contribution in [3.8, 4) is 5.88 Å². The molecule has 3 atom stereocenters. The quantitative estimate of drug-likeness (QED) is 0.680. The number of hydrogen-bond acceptors (Lipinski definition) is 5. The van der Waals surface area contributed by atoms with Crippen molar-refractivity contribution < 1.29 is 14.2 Å². The molecule has 0 bridgehead atoms. The van der Waals surface area contributed by atoms with E-state index in [4.69, 9.17) is 4.74 Å². The standard InChI is InChI=1S/C18H22FN3O2/c1-2-24-17-8-5-13(10-21-17)18(23)22-14-6-3-12(4-7-14)9-16-15(19)11-20-16/h3-8,10,15-16,18,20,22-23H,2,9,11H2,1H3/t15-,16-,18?/m1/s1. The van der Waals surface area contributed by atoms with Gasteiger partial charge in [-0.1, -0.05) is 12.1 Å². The fourth-order valence-electron chi connectivity index (χ4n) is 2.59. The molecule has 1 fully saturated rings. The number of nitrogens with zero attached hydrogens (tertiary/aromatic N) is 1. The number of rotatable bonds is 7. The van der Waals surface area contributed by atoms with Gasteiger partial charge in [0.15, 0.2) is 6.23 Å². The van der Waals surface area contributed by atoms with Crippen LogP contribution in [0.25, 0.3) is 0 Å². The maximum atomic E-state index is 13.3. The van der Waals surface area contributed by atoms with Gasteiger partial charge in [-0.05, 0) is 37.1 Å². The first kappa shape index (κ1) is 16.7. The van der Waals surface area contributed by atoms with E-state index in [2.05, 4.69) is 15.6 Å². The number of aliphatic hydroxyl groups is 1. The molecular formula is C18H22FN3O2. The molecule has 1 aromatic heterocycles. The van der Waals surface area contributed by atoms with Crippen LogP contribution >= 0.6 is 0 Å². The SMILES string of the molecule is CCOc1ccc(C(O)Nc2ccc(C[C@H]3NC[C@H]3F)cc2)cn1. The molecule has 0 aliphatic carbocycles. The second-order valence-electron chi connectivity index (χ2n) is 5.84. The van der Waals surface area contributed by atoms with Crippen molar-refractivity contribution in [3.63, 3.8) is 0 Å². The zero-order valence-electron chi connectivity index (χ0n) is 13.6. The Morgan fingerprint density at radius 3 is 2.67 bits per heavy atom. The van der Waals surface area contributed by atoms with Crippen molar-refractivity contribution in [1.82, 2.24) is 10.3 Å². The molecule has 1 aliphatic heterocycles. The first-order chi connectivity index (χ1) is 11.7. The van der Waals surface area contributed by atoms with Crippen molar-refractivity contribution in [2.75, 3.05) is 18.5 Å². The number of halogens is 1. The summed E-state index contributed by atoms with van der Waals surface area (Å²) < 4.78 is 18.5. The Balaban J connectivity index is 1.56. The van der Waals surface area contributed by atoms with E-state index in [1.54, 1.807) is 18.3 Å². The van der Waals surface area contributed by atoms with E-state index >= 15 is 0 Å². The minimum absolute atomic E-state index is 0.0793. The van der Waals surface area contributed by atoms with Gasteiger partial charge in [0.2, 0.25) is 5.88 Å². The summed E-state index contributed by atoms with van der Waals surface area (Å²) in [6, 6.07) is 11.1. The monoisotopic (exact) mass is 331 g/mol. The first-order valence-electron chi connectivity index (χ1n) is 8.15. The Morgan fingerprint density at radius 1 is 1.33 bits per heavy atom. The van der Waals surface area contributed by atoms with Gasteiger partial charge in [-0.15, -0.1) is 0 Å². The molecule has 24 heavy (non-hydrogen) atoms. The van der Waals surface area contributed by atoms with Crippen LogP contribution in [-0.4, -0.2) is 35.5 Å². The minimum atomic E-state index is -0.859. The molecule has 3 N–H and O–H groups in total. The third-order valence-corrected chi connectivity index (χ3v) is 4.09. The van der Waals surface area contributed by atoms with Gasteiger partial charge in [0.1, 0.15) is 6.17 Å². The van der Waals surface area contributed by atoms with Gasteiger partial charge < -0.3 is 20.5 Å². The predicted octanol–water partition coefficient (Wildman–Crippen LogP) is 2.44. The number of aromatic nitrogens is 1. The minimum Gasteiger partial charge on any atom is -0.478 e. The van der Waals surface area contributed by atoms with Crippen molar-refractivity contribution in [1.29, 1.82) is 0 Å². The molecule has 3 rings (SSSR count). The first-order valence-corrected chi connectivity index (χ1v) is 8.15. The van der Waals surface area contributed by atoms with E-state index in [0.29, 0.717) is 31.0 Å². The number of anilines is 1. The molecule has 6 heteroatoms. The van der Waals surface area contributed by atoms with Crippen LogP contribution in [0.2, 0.25) is 0 Å². The summed E-state index contributed by atoms with van der Waals surface area (Å²) in [4.78, 5) is 4.14. The van der Waals surface area contributed by atoms with Crippen LogP contribution in [0.4, 0.5) is 10.1 Å². The lowest BCUT2D eigenvalue weighted by Gasteiger charge is -2.32. The Morgan fingerprint density at radius 2 is 2.12 bits per heavy atom. The summed E-state index contributed by atoms with van der Waals surface area (Å²) in [7, 11) is 0. The molecule has 1 saturated heterocycles. The van der Waals surface area contributed by atoms with E-state index in [0.717, 1.165) is 11.3 Å². The summed E-state index contributed by atoms with van der Waals surface area (Å²) in [6.07, 6.45) is 0.646. The van der Waals surface area contributed by atoms with Gasteiger partial charge in [-0.3, -0.25) is 0 Å². The summed E-state index contributed by atoms with van der Waals surface area (Å²) >= 11 is 0. The Kier molecular flexibility index (Phi) is 5.27. The number of pyridine rings is 1. The topological polar surface area (TPSA) is 66.4 Å².